The lowest BCUT2D eigenvalue weighted by Crippen LogP contribution is -2.16. The zero-order valence-electron chi connectivity index (χ0n) is 15.1. The van der Waals surface area contributed by atoms with Crippen LogP contribution in [0.15, 0.2) is 23.2 Å². The maximum Gasteiger partial charge on any atom is 0.238 e. The molecule has 0 bridgehead atoms. The van der Waals surface area contributed by atoms with Crippen LogP contribution in [-0.2, 0) is 39.8 Å². The molecule has 27 heavy (non-hydrogen) atoms. The van der Waals surface area contributed by atoms with Gasteiger partial charge in [0, 0.05) is 33.0 Å². The van der Waals surface area contributed by atoms with Crippen LogP contribution in [0.3, 0.4) is 0 Å². The smallest absolute Gasteiger partial charge is 0.238 e. The molecule has 3 aromatic rings. The Morgan fingerprint density at radius 3 is 2.44 bits per heavy atom. The van der Waals surface area contributed by atoms with E-state index < -0.39 is 10.0 Å². The van der Waals surface area contributed by atoms with Crippen molar-refractivity contribution in [2.45, 2.75) is 18.1 Å². The van der Waals surface area contributed by atoms with E-state index in [4.69, 9.17) is 20.3 Å². The molecular formula is C16H20N6O4S. The van der Waals surface area contributed by atoms with Gasteiger partial charge < -0.3 is 15.2 Å². The van der Waals surface area contributed by atoms with Gasteiger partial charge in [0.25, 0.3) is 0 Å². The van der Waals surface area contributed by atoms with E-state index in [1.54, 1.807) is 31.1 Å². The van der Waals surface area contributed by atoms with Gasteiger partial charge in [-0.15, -0.1) is 0 Å². The van der Waals surface area contributed by atoms with Crippen molar-refractivity contribution in [2.24, 2.45) is 12.2 Å². The van der Waals surface area contributed by atoms with E-state index in [9.17, 15) is 8.42 Å². The monoisotopic (exact) mass is 392 g/mol. The number of primary sulfonamides is 1. The van der Waals surface area contributed by atoms with Gasteiger partial charge in [0.05, 0.1) is 23.5 Å². The molecule has 0 spiro atoms. The van der Waals surface area contributed by atoms with Gasteiger partial charge in [0.15, 0.2) is 5.65 Å². The first kappa shape index (κ1) is 19.2. The van der Waals surface area contributed by atoms with Crippen LogP contribution in [0.5, 0.6) is 0 Å². The fourth-order valence-electron chi connectivity index (χ4n) is 2.95. The zero-order valence-corrected chi connectivity index (χ0v) is 15.9. The second-order valence-corrected chi connectivity index (χ2v) is 7.50. The first-order valence-corrected chi connectivity index (χ1v) is 9.43. The molecule has 0 unspecified atom stereocenters. The third-order valence-electron chi connectivity index (χ3n) is 4.05. The second kappa shape index (κ2) is 7.19. The molecule has 4 N–H and O–H groups in total. The minimum atomic E-state index is -3.98. The zero-order chi connectivity index (χ0) is 19.8. The number of aryl methyl sites for hydroxylation is 1. The molecule has 0 fully saturated rings. The van der Waals surface area contributed by atoms with E-state index in [1.165, 1.54) is 13.2 Å². The normalized spacial score (nSPS) is 12.0. The second-order valence-electron chi connectivity index (χ2n) is 5.97. The average Bonchev–Trinajstić information content (AvgIpc) is 2.91. The number of ether oxygens (including phenoxy) is 2. The number of nitrogens with two attached hydrogens (primary N) is 2. The van der Waals surface area contributed by atoms with Crippen LogP contribution in [-0.4, -0.2) is 42.4 Å². The highest BCUT2D eigenvalue weighted by atomic mass is 32.2. The number of nitrogen functional groups attached to an aromatic ring is 1. The number of methoxy groups -OCH3 is 2. The fourth-order valence-corrected chi connectivity index (χ4v) is 3.72. The lowest BCUT2D eigenvalue weighted by Gasteiger charge is -2.14. The molecule has 10 nitrogen and oxygen atoms in total. The lowest BCUT2D eigenvalue weighted by atomic mass is 10.0. The number of benzene rings is 1. The summed E-state index contributed by atoms with van der Waals surface area (Å²) in [5.74, 6) is 0.120. The van der Waals surface area contributed by atoms with Gasteiger partial charge in [-0.25, -0.2) is 23.2 Å². The molecule has 0 aliphatic rings. The van der Waals surface area contributed by atoms with Crippen molar-refractivity contribution in [1.82, 2.24) is 19.7 Å². The highest BCUT2D eigenvalue weighted by Gasteiger charge is 2.22. The molecule has 0 saturated carbocycles. The van der Waals surface area contributed by atoms with Crippen LogP contribution in [0.25, 0.3) is 22.3 Å². The number of anilines is 1. The largest absolute Gasteiger partial charge is 0.380 e. The highest BCUT2D eigenvalue weighted by Crippen LogP contribution is 2.33. The van der Waals surface area contributed by atoms with Crippen molar-refractivity contribution >= 4 is 27.0 Å². The average molecular weight is 392 g/mol. The van der Waals surface area contributed by atoms with Gasteiger partial charge >= 0.3 is 0 Å². The molecule has 144 valence electrons. The molecule has 3 rings (SSSR count). The standard InChI is InChI=1S/C16H20N6O4S/c1-22-15-12(6-19-16(17)20-15)14(21-22)11-5-13(27(18,23)24)10(8-26-3)4-9(11)7-25-2/h4-6H,7-8H2,1-3H3,(H2,17,19,20)(H2,18,23,24). The van der Waals surface area contributed by atoms with E-state index in [2.05, 4.69) is 15.1 Å². The van der Waals surface area contributed by atoms with Crippen molar-refractivity contribution in [3.8, 4) is 11.3 Å². The SMILES string of the molecule is COCc1cc(COC)c(S(N)(=O)=O)cc1-c1nn(C)c2nc(N)ncc12. The van der Waals surface area contributed by atoms with E-state index in [0.29, 0.717) is 27.9 Å². The van der Waals surface area contributed by atoms with Crippen LogP contribution in [0, 0.1) is 0 Å². The summed E-state index contributed by atoms with van der Waals surface area (Å²) < 4.78 is 36.2. The minimum absolute atomic E-state index is 0.0330. The van der Waals surface area contributed by atoms with Gasteiger partial charge in [-0.3, -0.25) is 0 Å². The molecule has 1 aromatic carbocycles. The van der Waals surface area contributed by atoms with Crippen LogP contribution in [0.1, 0.15) is 11.1 Å². The number of hydrogen-bond acceptors (Lipinski definition) is 8. The minimum Gasteiger partial charge on any atom is -0.380 e. The number of hydrogen-bond donors (Lipinski definition) is 2. The van der Waals surface area contributed by atoms with Gasteiger partial charge in [-0.1, -0.05) is 0 Å². The summed E-state index contributed by atoms with van der Waals surface area (Å²) in [4.78, 5) is 8.17. The van der Waals surface area contributed by atoms with Crippen LogP contribution in [0.4, 0.5) is 5.95 Å². The Morgan fingerprint density at radius 2 is 1.81 bits per heavy atom. The van der Waals surface area contributed by atoms with Crippen LogP contribution >= 0.6 is 0 Å². The van der Waals surface area contributed by atoms with E-state index in [-0.39, 0.29) is 24.1 Å². The number of sulfonamides is 1. The molecule has 0 saturated heterocycles. The Bertz CT molecular complexity index is 1110. The third kappa shape index (κ3) is 3.62. The Kier molecular flexibility index (Phi) is 5.11. The lowest BCUT2D eigenvalue weighted by molar-refractivity contribution is 0.178. The highest BCUT2D eigenvalue weighted by molar-refractivity contribution is 7.89. The van der Waals surface area contributed by atoms with Crippen molar-refractivity contribution in [3.63, 3.8) is 0 Å². The number of aromatic nitrogens is 4. The molecule has 0 atom stereocenters. The van der Waals surface area contributed by atoms with Crippen molar-refractivity contribution in [2.75, 3.05) is 20.0 Å². The molecule has 0 aliphatic carbocycles. The van der Waals surface area contributed by atoms with Crippen molar-refractivity contribution in [3.05, 3.63) is 29.5 Å². The summed E-state index contributed by atoms with van der Waals surface area (Å²) in [5.41, 5.74) is 8.42. The Morgan fingerprint density at radius 1 is 1.15 bits per heavy atom. The van der Waals surface area contributed by atoms with Crippen LogP contribution < -0.4 is 10.9 Å². The molecule has 0 aliphatic heterocycles. The first-order valence-electron chi connectivity index (χ1n) is 7.88. The quantitative estimate of drug-likeness (QED) is 0.618. The molecule has 2 aromatic heterocycles. The maximum absolute atomic E-state index is 12.1. The van der Waals surface area contributed by atoms with E-state index in [1.807, 2.05) is 0 Å². The first-order chi connectivity index (χ1) is 12.8. The number of fused-ring (bicyclic) bond motifs is 1. The Labute approximate surface area is 156 Å². The molecule has 0 radical (unpaired) electrons. The Balaban J connectivity index is 2.35. The van der Waals surface area contributed by atoms with Gasteiger partial charge in [0.1, 0.15) is 5.69 Å². The summed E-state index contributed by atoms with van der Waals surface area (Å²) in [5, 5.41) is 10.5. The fraction of sp³-hybridized carbons (Fsp3) is 0.312. The predicted octanol–water partition coefficient (Wildman–Crippen LogP) is 0.553. The molecular weight excluding hydrogens is 372 g/mol. The predicted molar refractivity (Wildman–Crippen MR) is 99.0 cm³/mol. The van der Waals surface area contributed by atoms with Crippen molar-refractivity contribution < 1.29 is 17.9 Å². The summed E-state index contributed by atoms with van der Waals surface area (Å²) in [6.07, 6.45) is 1.55. The van der Waals surface area contributed by atoms with Gasteiger partial charge in [0.2, 0.25) is 16.0 Å². The summed E-state index contributed by atoms with van der Waals surface area (Å²) in [6.45, 7) is 0.330. The van der Waals surface area contributed by atoms with Gasteiger partial charge in [-0.2, -0.15) is 10.1 Å². The van der Waals surface area contributed by atoms with Crippen LogP contribution in [0.2, 0.25) is 0 Å². The number of nitrogens with zero attached hydrogens (tertiary/aromatic N) is 4. The Hall–Kier alpha value is -2.60. The molecule has 11 heteroatoms. The third-order valence-corrected chi connectivity index (χ3v) is 5.04. The summed E-state index contributed by atoms with van der Waals surface area (Å²) in [7, 11) is 0.765. The van der Waals surface area contributed by atoms with Crippen molar-refractivity contribution in [1.29, 1.82) is 0 Å². The summed E-state index contributed by atoms with van der Waals surface area (Å²) in [6, 6.07) is 3.18. The number of rotatable bonds is 6. The topological polar surface area (TPSA) is 148 Å². The van der Waals surface area contributed by atoms with E-state index >= 15 is 0 Å². The van der Waals surface area contributed by atoms with Gasteiger partial charge in [-0.05, 0) is 23.3 Å². The molecule has 0 amide bonds. The maximum atomic E-state index is 12.1. The molecule has 2 heterocycles. The van der Waals surface area contributed by atoms with E-state index in [0.717, 1.165) is 5.56 Å². The summed E-state index contributed by atoms with van der Waals surface area (Å²) >= 11 is 0.